The number of carbonyl (C=O) groups excluding carboxylic acids is 4. The van der Waals surface area contributed by atoms with Gasteiger partial charge in [0.2, 0.25) is 0 Å². The summed E-state index contributed by atoms with van der Waals surface area (Å²) < 4.78 is 4.97. The molecule has 0 unspecified atom stereocenters. The standard InChI is InChI=1S/C21H30N4O5/c1-14-8-19(2,3)12-21(9-14)17(28)25(18(29)24-21)10-16(27)30-11-15(26)23-20(13-22)6-4-5-7-20/h14H,4-12H2,1-3H3,(H,23,26)(H,24,29)/t14-,21+/m1/s1. The quantitative estimate of drug-likeness (QED) is 0.516. The SMILES string of the molecule is C[C@@H]1CC(C)(C)C[C@]2(C1)NC(=O)N(CC(=O)OCC(=O)NC1(C#N)CCCC1)C2=O. The Kier molecular flexibility index (Phi) is 5.81. The van der Waals surface area contributed by atoms with Crippen LogP contribution in [-0.2, 0) is 19.1 Å². The van der Waals surface area contributed by atoms with Crippen LogP contribution in [-0.4, -0.2) is 52.9 Å². The zero-order valence-electron chi connectivity index (χ0n) is 17.9. The first kappa shape index (κ1) is 22.1. The predicted octanol–water partition coefficient (Wildman–Crippen LogP) is 1.62. The Morgan fingerprint density at radius 2 is 1.93 bits per heavy atom. The fraction of sp³-hybridized carbons (Fsp3) is 0.762. The van der Waals surface area contributed by atoms with Gasteiger partial charge in [0.05, 0.1) is 6.07 Å². The predicted molar refractivity (Wildman–Crippen MR) is 106 cm³/mol. The van der Waals surface area contributed by atoms with E-state index in [9.17, 15) is 24.4 Å². The van der Waals surface area contributed by atoms with E-state index in [0.29, 0.717) is 25.7 Å². The van der Waals surface area contributed by atoms with Gasteiger partial charge in [0, 0.05) is 0 Å². The summed E-state index contributed by atoms with van der Waals surface area (Å²) in [5.74, 6) is -1.56. The average molecular weight is 418 g/mol. The maximum absolute atomic E-state index is 13.0. The summed E-state index contributed by atoms with van der Waals surface area (Å²) in [6.07, 6.45) is 4.86. The number of nitrogens with one attached hydrogen (secondary N) is 2. The third-order valence-electron chi connectivity index (χ3n) is 6.33. The van der Waals surface area contributed by atoms with Crippen molar-refractivity contribution in [1.29, 1.82) is 5.26 Å². The molecule has 0 radical (unpaired) electrons. The molecule has 3 aliphatic rings. The smallest absolute Gasteiger partial charge is 0.326 e. The van der Waals surface area contributed by atoms with Gasteiger partial charge in [-0.05, 0) is 56.3 Å². The van der Waals surface area contributed by atoms with Crippen molar-refractivity contribution in [2.45, 2.75) is 76.8 Å². The van der Waals surface area contributed by atoms with E-state index in [4.69, 9.17) is 4.74 Å². The van der Waals surface area contributed by atoms with Gasteiger partial charge in [0.15, 0.2) is 6.61 Å². The molecule has 1 aliphatic heterocycles. The molecule has 2 N–H and O–H groups in total. The van der Waals surface area contributed by atoms with Crippen LogP contribution in [0.15, 0.2) is 0 Å². The maximum Gasteiger partial charge on any atom is 0.326 e. The van der Waals surface area contributed by atoms with E-state index in [1.807, 2.05) is 0 Å². The van der Waals surface area contributed by atoms with Crippen LogP contribution in [0.25, 0.3) is 0 Å². The first-order valence-electron chi connectivity index (χ1n) is 10.5. The number of hydrogen-bond donors (Lipinski definition) is 2. The fourth-order valence-electron chi connectivity index (χ4n) is 5.52. The van der Waals surface area contributed by atoms with E-state index >= 15 is 0 Å². The Labute approximate surface area is 176 Å². The molecule has 2 saturated carbocycles. The third kappa shape index (κ3) is 4.42. The number of nitrogens with zero attached hydrogens (tertiary/aromatic N) is 2. The highest BCUT2D eigenvalue weighted by molar-refractivity contribution is 6.08. The molecule has 1 heterocycles. The summed E-state index contributed by atoms with van der Waals surface area (Å²) >= 11 is 0. The van der Waals surface area contributed by atoms with E-state index < -0.39 is 48.0 Å². The van der Waals surface area contributed by atoms with Crippen LogP contribution >= 0.6 is 0 Å². The van der Waals surface area contributed by atoms with Gasteiger partial charge in [-0.3, -0.25) is 19.3 Å². The van der Waals surface area contributed by atoms with Gasteiger partial charge in [-0.2, -0.15) is 5.26 Å². The second-order valence-electron chi connectivity index (χ2n) is 9.87. The number of urea groups is 1. The van der Waals surface area contributed by atoms with E-state index in [2.05, 4.69) is 37.5 Å². The normalized spacial score (nSPS) is 29.4. The van der Waals surface area contributed by atoms with E-state index in [1.54, 1.807) is 0 Å². The van der Waals surface area contributed by atoms with Gasteiger partial charge < -0.3 is 15.4 Å². The van der Waals surface area contributed by atoms with Crippen LogP contribution in [0.4, 0.5) is 4.79 Å². The van der Waals surface area contributed by atoms with Crippen LogP contribution in [0, 0.1) is 22.7 Å². The van der Waals surface area contributed by atoms with Crippen molar-refractivity contribution in [2.75, 3.05) is 13.2 Å². The molecule has 1 saturated heterocycles. The van der Waals surface area contributed by atoms with Crippen molar-refractivity contribution in [3.05, 3.63) is 0 Å². The lowest BCUT2D eigenvalue weighted by molar-refractivity contribution is -0.151. The van der Waals surface area contributed by atoms with E-state index in [0.717, 1.165) is 24.2 Å². The zero-order chi connectivity index (χ0) is 22.2. The first-order valence-corrected chi connectivity index (χ1v) is 10.5. The lowest BCUT2D eigenvalue weighted by Crippen LogP contribution is -2.54. The minimum Gasteiger partial charge on any atom is -0.454 e. The van der Waals surface area contributed by atoms with Crippen molar-refractivity contribution in [1.82, 2.24) is 15.5 Å². The summed E-state index contributed by atoms with van der Waals surface area (Å²) in [4.78, 5) is 50.6. The highest BCUT2D eigenvalue weighted by atomic mass is 16.5. The van der Waals surface area contributed by atoms with Crippen LogP contribution < -0.4 is 10.6 Å². The molecule has 0 aromatic heterocycles. The number of rotatable bonds is 5. The van der Waals surface area contributed by atoms with Gasteiger partial charge >= 0.3 is 12.0 Å². The third-order valence-corrected chi connectivity index (χ3v) is 6.33. The molecular weight excluding hydrogens is 388 g/mol. The largest absolute Gasteiger partial charge is 0.454 e. The minimum atomic E-state index is -0.989. The molecule has 3 rings (SSSR count). The van der Waals surface area contributed by atoms with Gasteiger partial charge in [-0.25, -0.2) is 4.79 Å². The summed E-state index contributed by atoms with van der Waals surface area (Å²) in [6, 6.07) is 1.52. The number of hydrogen-bond acceptors (Lipinski definition) is 6. The molecule has 30 heavy (non-hydrogen) atoms. The molecule has 4 amide bonds. The number of amides is 4. The molecule has 1 spiro atoms. The number of ether oxygens (including phenoxy) is 1. The molecule has 3 fully saturated rings. The topological polar surface area (TPSA) is 129 Å². The Bertz CT molecular complexity index is 796. The molecule has 0 bridgehead atoms. The second kappa shape index (κ2) is 7.89. The summed E-state index contributed by atoms with van der Waals surface area (Å²) in [5.41, 5.74) is -1.99. The Hall–Kier alpha value is -2.63. The Balaban J connectivity index is 1.55. The van der Waals surface area contributed by atoms with Gasteiger partial charge in [0.25, 0.3) is 11.8 Å². The van der Waals surface area contributed by atoms with Gasteiger partial charge in [-0.1, -0.05) is 20.8 Å². The number of nitriles is 1. The summed E-state index contributed by atoms with van der Waals surface area (Å²) in [7, 11) is 0. The van der Waals surface area contributed by atoms with Crippen molar-refractivity contribution in [3.63, 3.8) is 0 Å². The van der Waals surface area contributed by atoms with Crippen LogP contribution in [0.5, 0.6) is 0 Å². The molecule has 9 nitrogen and oxygen atoms in total. The highest BCUT2D eigenvalue weighted by Gasteiger charge is 2.56. The van der Waals surface area contributed by atoms with E-state index in [1.165, 1.54) is 0 Å². The molecule has 2 aliphatic carbocycles. The monoisotopic (exact) mass is 418 g/mol. The van der Waals surface area contributed by atoms with Crippen molar-refractivity contribution in [3.8, 4) is 6.07 Å². The number of carbonyl (C=O) groups is 4. The van der Waals surface area contributed by atoms with E-state index in [-0.39, 0.29) is 11.3 Å². The zero-order valence-corrected chi connectivity index (χ0v) is 17.9. The molecule has 0 aromatic carbocycles. The number of esters is 1. The van der Waals surface area contributed by atoms with Crippen molar-refractivity contribution < 1.29 is 23.9 Å². The summed E-state index contributed by atoms with van der Waals surface area (Å²) in [6.45, 7) is 5.09. The first-order chi connectivity index (χ1) is 14.0. The lowest BCUT2D eigenvalue weighted by atomic mass is 9.64. The number of imide groups is 1. The fourth-order valence-corrected chi connectivity index (χ4v) is 5.52. The Morgan fingerprint density at radius 3 is 2.53 bits per heavy atom. The van der Waals surface area contributed by atoms with Crippen LogP contribution in [0.3, 0.4) is 0 Å². The van der Waals surface area contributed by atoms with Gasteiger partial charge in [-0.15, -0.1) is 0 Å². The molecule has 164 valence electrons. The molecular formula is C21H30N4O5. The molecule has 2 atom stereocenters. The lowest BCUT2D eigenvalue weighted by Gasteiger charge is -2.43. The Morgan fingerprint density at radius 1 is 1.27 bits per heavy atom. The van der Waals surface area contributed by atoms with Crippen molar-refractivity contribution >= 4 is 23.8 Å². The summed E-state index contributed by atoms with van der Waals surface area (Å²) in [5, 5.41) is 14.7. The molecule has 9 heteroatoms. The second-order valence-corrected chi connectivity index (χ2v) is 9.87. The molecule has 0 aromatic rings. The minimum absolute atomic E-state index is 0.105. The highest BCUT2D eigenvalue weighted by Crippen LogP contribution is 2.46. The van der Waals surface area contributed by atoms with Crippen LogP contribution in [0.1, 0.15) is 65.7 Å². The van der Waals surface area contributed by atoms with Crippen molar-refractivity contribution in [2.24, 2.45) is 11.3 Å². The average Bonchev–Trinajstić information content (AvgIpc) is 3.18. The van der Waals surface area contributed by atoms with Gasteiger partial charge in [0.1, 0.15) is 17.6 Å². The van der Waals surface area contributed by atoms with Crippen LogP contribution in [0.2, 0.25) is 0 Å². The maximum atomic E-state index is 13.0.